The number of aryl methyl sites for hydroxylation is 1. The van der Waals surface area contributed by atoms with Gasteiger partial charge in [-0.05, 0) is 54.2 Å². The molecule has 1 aliphatic carbocycles. The van der Waals surface area contributed by atoms with Crippen LogP contribution in [0.1, 0.15) is 23.2 Å². The molecule has 1 fully saturated rings. The Bertz CT molecular complexity index is 1570. The summed E-state index contributed by atoms with van der Waals surface area (Å²) in [6.45, 7) is -0.127. The van der Waals surface area contributed by atoms with Crippen LogP contribution in [0.15, 0.2) is 57.3 Å². The van der Waals surface area contributed by atoms with Gasteiger partial charge in [-0.15, -0.1) is 0 Å². The molecule has 2 aromatic carbocycles. The molecular weight excluding hydrogens is 525 g/mol. The van der Waals surface area contributed by atoms with Crippen molar-refractivity contribution in [1.29, 1.82) is 0 Å². The molecule has 2 heterocycles. The average Bonchev–Trinajstić information content (AvgIpc) is 3.32. The molecule has 36 heavy (non-hydrogen) atoms. The van der Waals surface area contributed by atoms with E-state index in [1.807, 2.05) is 0 Å². The van der Waals surface area contributed by atoms with Crippen LogP contribution in [-0.2, 0) is 38.5 Å². The molecule has 0 spiro atoms. The van der Waals surface area contributed by atoms with Crippen LogP contribution >= 0.6 is 11.8 Å². The molecule has 3 aromatic rings. The first-order valence-electron chi connectivity index (χ1n) is 11.5. The highest BCUT2D eigenvalue weighted by Gasteiger charge is 2.31. The average molecular weight is 550 g/mol. The van der Waals surface area contributed by atoms with Gasteiger partial charge in [0, 0.05) is 24.4 Å². The molecule has 0 amide bonds. The number of fused-ring (bicyclic) bond motifs is 1. The van der Waals surface area contributed by atoms with Gasteiger partial charge in [0.25, 0.3) is 5.56 Å². The third kappa shape index (κ3) is 5.13. The molecule has 12 heteroatoms. The lowest BCUT2D eigenvalue weighted by Gasteiger charge is -2.26. The number of thioether (sulfide) groups is 1. The van der Waals surface area contributed by atoms with E-state index in [-0.39, 0.29) is 35.0 Å². The molecule has 1 aliphatic heterocycles. The molecule has 5 rings (SSSR count). The Labute approximate surface area is 212 Å². The molecule has 0 radical (unpaired) electrons. The topological polar surface area (TPSA) is 117 Å². The van der Waals surface area contributed by atoms with Crippen LogP contribution in [0.2, 0.25) is 0 Å². The van der Waals surface area contributed by atoms with Crippen LogP contribution < -0.4 is 5.56 Å². The number of nitrogens with zero attached hydrogens (tertiary/aromatic N) is 2. The molecule has 0 bridgehead atoms. The minimum absolute atomic E-state index is 0.0635. The van der Waals surface area contributed by atoms with Crippen molar-refractivity contribution in [2.45, 2.75) is 35.1 Å². The van der Waals surface area contributed by atoms with Crippen LogP contribution in [0, 0.1) is 5.82 Å². The van der Waals surface area contributed by atoms with E-state index in [0.717, 1.165) is 30.5 Å². The zero-order valence-corrected chi connectivity index (χ0v) is 21.7. The highest BCUT2D eigenvalue weighted by atomic mass is 32.2. The Morgan fingerprint density at radius 3 is 2.42 bits per heavy atom. The van der Waals surface area contributed by atoms with Crippen LogP contribution in [0.25, 0.3) is 11.1 Å². The normalized spacial score (nSPS) is 17.7. The lowest BCUT2D eigenvalue weighted by molar-refractivity contribution is 0.431. The summed E-state index contributed by atoms with van der Waals surface area (Å²) >= 11 is 1.27. The van der Waals surface area contributed by atoms with Crippen molar-refractivity contribution < 1.29 is 21.2 Å². The first-order chi connectivity index (χ1) is 17.1. The third-order valence-electron chi connectivity index (χ3n) is 6.47. The first kappa shape index (κ1) is 25.1. The number of nitrogens with one attached hydrogen (secondary N) is 1. The van der Waals surface area contributed by atoms with Gasteiger partial charge >= 0.3 is 0 Å². The molecule has 1 N–H and O–H groups in total. The second-order valence-electron chi connectivity index (χ2n) is 8.83. The summed E-state index contributed by atoms with van der Waals surface area (Å²) in [6.07, 6.45) is 2.45. The van der Waals surface area contributed by atoms with E-state index in [2.05, 4.69) is 9.97 Å². The van der Waals surface area contributed by atoms with Crippen LogP contribution in [0.4, 0.5) is 4.39 Å². The predicted molar refractivity (Wildman–Crippen MR) is 136 cm³/mol. The summed E-state index contributed by atoms with van der Waals surface area (Å²) < 4.78 is 65.0. The molecule has 0 atom stereocenters. The van der Waals surface area contributed by atoms with Crippen LogP contribution in [0.3, 0.4) is 0 Å². The molecule has 0 saturated carbocycles. The van der Waals surface area contributed by atoms with Crippen molar-refractivity contribution in [3.63, 3.8) is 0 Å². The third-order valence-corrected chi connectivity index (χ3v) is 10.9. The van der Waals surface area contributed by atoms with Gasteiger partial charge in [-0.1, -0.05) is 36.0 Å². The Morgan fingerprint density at radius 1 is 1.03 bits per heavy atom. The summed E-state index contributed by atoms with van der Waals surface area (Å²) in [5.74, 6) is -0.481. The van der Waals surface area contributed by atoms with Gasteiger partial charge in [0.2, 0.25) is 10.0 Å². The Hall–Kier alpha value is -2.54. The molecule has 1 aromatic heterocycles. The summed E-state index contributed by atoms with van der Waals surface area (Å²) in [5.41, 5.74) is 3.17. The van der Waals surface area contributed by atoms with E-state index in [1.54, 1.807) is 24.3 Å². The van der Waals surface area contributed by atoms with E-state index in [1.165, 1.54) is 34.3 Å². The van der Waals surface area contributed by atoms with Crippen molar-refractivity contribution >= 4 is 31.6 Å². The minimum Gasteiger partial charge on any atom is -0.301 e. The summed E-state index contributed by atoms with van der Waals surface area (Å²) in [5, 5.41) is 0.479. The van der Waals surface area contributed by atoms with E-state index in [9.17, 15) is 26.0 Å². The van der Waals surface area contributed by atoms with Crippen molar-refractivity contribution in [2.24, 2.45) is 0 Å². The number of hydrogen-bond donors (Lipinski definition) is 1. The number of aromatic amines is 1. The van der Waals surface area contributed by atoms with E-state index in [4.69, 9.17) is 0 Å². The van der Waals surface area contributed by atoms with Crippen molar-refractivity contribution in [1.82, 2.24) is 14.3 Å². The fourth-order valence-electron chi connectivity index (χ4n) is 4.38. The number of halogens is 1. The number of rotatable bonds is 6. The second kappa shape index (κ2) is 9.73. The number of aromatic nitrogens is 2. The van der Waals surface area contributed by atoms with Crippen LogP contribution in [0.5, 0.6) is 0 Å². The van der Waals surface area contributed by atoms with Gasteiger partial charge in [0.15, 0.2) is 15.0 Å². The van der Waals surface area contributed by atoms with E-state index in [0.29, 0.717) is 27.6 Å². The maximum atomic E-state index is 14.9. The Morgan fingerprint density at radius 2 is 1.72 bits per heavy atom. The van der Waals surface area contributed by atoms with Crippen molar-refractivity contribution in [3.8, 4) is 11.1 Å². The first-order valence-corrected chi connectivity index (χ1v) is 15.7. The van der Waals surface area contributed by atoms with Gasteiger partial charge in [0.05, 0.1) is 22.1 Å². The lowest BCUT2D eigenvalue weighted by Crippen LogP contribution is -2.43. The zero-order chi connectivity index (χ0) is 25.5. The zero-order valence-electron chi connectivity index (χ0n) is 19.2. The fraction of sp³-hybridized carbons (Fsp3) is 0.333. The smallest absolute Gasteiger partial charge is 0.254 e. The Balaban J connectivity index is 1.28. The predicted octanol–water partition coefficient (Wildman–Crippen LogP) is 2.78. The molecule has 190 valence electrons. The van der Waals surface area contributed by atoms with E-state index < -0.39 is 25.7 Å². The largest absolute Gasteiger partial charge is 0.301 e. The highest BCUT2D eigenvalue weighted by molar-refractivity contribution is 7.98. The van der Waals surface area contributed by atoms with E-state index >= 15 is 0 Å². The number of sulfone groups is 1. The quantitative estimate of drug-likeness (QED) is 0.371. The number of benzene rings is 2. The maximum Gasteiger partial charge on any atom is 0.254 e. The van der Waals surface area contributed by atoms with Gasteiger partial charge in [0.1, 0.15) is 5.82 Å². The molecular formula is C24H24FN3O5S3. The molecule has 2 aliphatic rings. The van der Waals surface area contributed by atoms with Gasteiger partial charge in [-0.25, -0.2) is 26.2 Å². The fourth-order valence-corrected chi connectivity index (χ4v) is 8.12. The highest BCUT2D eigenvalue weighted by Crippen LogP contribution is 2.28. The summed E-state index contributed by atoms with van der Waals surface area (Å²) in [7, 11) is -7.00. The standard InChI is InChI=1S/C24H24FN3O5S3/c25-21-14-17(4-5-18(21)15-34-24-26-22-3-1-2-20(22)23(29)27-24)16-6-8-19(9-7-16)36(32,33)28-10-12-35(30,31)13-11-28/h4-9,14H,1-3,10-13,15H2,(H,26,27,29). The lowest BCUT2D eigenvalue weighted by atomic mass is 10.0. The van der Waals surface area contributed by atoms with Crippen LogP contribution in [-0.4, -0.2) is 55.7 Å². The minimum atomic E-state index is -3.81. The SMILES string of the molecule is O=c1[nH]c(SCc2ccc(-c3ccc(S(=O)(=O)N4CCS(=O)(=O)CC4)cc3)cc2F)nc2c1CCC2. The van der Waals surface area contributed by atoms with Crippen molar-refractivity contribution in [2.75, 3.05) is 24.6 Å². The molecule has 8 nitrogen and oxygen atoms in total. The summed E-state index contributed by atoms with van der Waals surface area (Å²) in [6, 6.07) is 10.9. The van der Waals surface area contributed by atoms with Gasteiger partial charge in [-0.2, -0.15) is 4.31 Å². The summed E-state index contributed by atoms with van der Waals surface area (Å²) in [4.78, 5) is 19.5. The maximum absolute atomic E-state index is 14.9. The number of H-pyrrole nitrogens is 1. The monoisotopic (exact) mass is 549 g/mol. The number of hydrogen-bond acceptors (Lipinski definition) is 7. The Kier molecular flexibility index (Phi) is 6.79. The number of sulfonamides is 1. The van der Waals surface area contributed by atoms with Gasteiger partial charge in [-0.3, -0.25) is 4.79 Å². The van der Waals surface area contributed by atoms with Crippen molar-refractivity contribution in [3.05, 3.63) is 75.5 Å². The van der Waals surface area contributed by atoms with Gasteiger partial charge < -0.3 is 4.98 Å². The molecule has 1 saturated heterocycles. The molecule has 0 unspecified atom stereocenters. The second-order valence-corrected chi connectivity index (χ2v) is 14.0.